The molecule has 0 saturated heterocycles. The first-order chi connectivity index (χ1) is 12.7. The molecule has 1 aromatic carbocycles. The Morgan fingerprint density at radius 2 is 2.00 bits per heavy atom. The fourth-order valence-corrected chi connectivity index (χ4v) is 3.99. The van der Waals surface area contributed by atoms with Crippen molar-refractivity contribution in [3.8, 4) is 11.5 Å². The number of aromatic nitrogens is 1. The molecule has 0 radical (unpaired) electrons. The zero-order chi connectivity index (χ0) is 18.4. The van der Waals surface area contributed by atoms with E-state index < -0.39 is 0 Å². The van der Waals surface area contributed by atoms with E-state index in [1.165, 1.54) is 5.56 Å². The minimum absolute atomic E-state index is 0.898. The number of aryl methyl sites for hydroxylation is 1. The number of hydrogen-bond acceptors (Lipinski definition) is 4. The molecule has 0 atom stereocenters. The SMILES string of the molecule is CCN(CC)CCCn1c(-c2ccco2)csc1=Nc1cccc(C)c1. The second kappa shape index (κ2) is 9.01. The Balaban J connectivity index is 1.92. The summed E-state index contributed by atoms with van der Waals surface area (Å²) >= 11 is 1.67. The van der Waals surface area contributed by atoms with Gasteiger partial charge >= 0.3 is 0 Å². The Bertz CT molecular complexity index is 873. The summed E-state index contributed by atoms with van der Waals surface area (Å²) in [6, 6.07) is 12.3. The lowest BCUT2D eigenvalue weighted by atomic mass is 10.2. The molecule has 0 amide bonds. The third-order valence-corrected chi connectivity index (χ3v) is 5.41. The highest BCUT2D eigenvalue weighted by atomic mass is 32.1. The smallest absolute Gasteiger partial charge is 0.190 e. The van der Waals surface area contributed by atoms with Gasteiger partial charge in [0.15, 0.2) is 10.6 Å². The number of thiazole rings is 1. The summed E-state index contributed by atoms with van der Waals surface area (Å²) in [7, 11) is 0. The van der Waals surface area contributed by atoms with Crippen molar-refractivity contribution in [2.24, 2.45) is 4.99 Å². The van der Waals surface area contributed by atoms with Crippen molar-refractivity contribution >= 4 is 17.0 Å². The van der Waals surface area contributed by atoms with E-state index >= 15 is 0 Å². The van der Waals surface area contributed by atoms with Crippen LogP contribution in [0, 0.1) is 6.92 Å². The molecular weight excluding hydrogens is 342 g/mol. The predicted octanol–water partition coefficient (Wildman–Crippen LogP) is 5.08. The molecule has 0 spiro atoms. The van der Waals surface area contributed by atoms with Crippen molar-refractivity contribution in [1.29, 1.82) is 0 Å². The topological polar surface area (TPSA) is 33.7 Å². The van der Waals surface area contributed by atoms with Crippen LogP contribution >= 0.6 is 11.3 Å². The van der Waals surface area contributed by atoms with Crippen LogP contribution < -0.4 is 4.80 Å². The standard InChI is InChI=1S/C21H27N3OS/c1-4-23(5-2)12-8-13-24-19(20-11-7-14-25-20)16-26-21(24)22-18-10-6-9-17(3)15-18/h6-7,9-11,14-16H,4-5,8,12-13H2,1-3H3. The molecular formula is C21H27N3OS. The molecule has 2 aromatic heterocycles. The first-order valence-electron chi connectivity index (χ1n) is 9.27. The lowest BCUT2D eigenvalue weighted by Gasteiger charge is -2.18. The van der Waals surface area contributed by atoms with Gasteiger partial charge in [-0.05, 0) is 62.8 Å². The fourth-order valence-electron chi connectivity index (χ4n) is 3.06. The van der Waals surface area contributed by atoms with Crippen LogP contribution in [-0.4, -0.2) is 29.1 Å². The van der Waals surface area contributed by atoms with Crippen LogP contribution in [0.3, 0.4) is 0 Å². The van der Waals surface area contributed by atoms with Crippen LogP contribution in [0.4, 0.5) is 5.69 Å². The number of benzene rings is 1. The highest BCUT2D eigenvalue weighted by molar-refractivity contribution is 7.07. The van der Waals surface area contributed by atoms with Gasteiger partial charge in [-0.3, -0.25) is 0 Å². The second-order valence-electron chi connectivity index (χ2n) is 6.36. The molecule has 0 N–H and O–H groups in total. The Kier molecular flexibility index (Phi) is 6.47. The van der Waals surface area contributed by atoms with Crippen molar-refractivity contribution in [2.75, 3.05) is 19.6 Å². The minimum Gasteiger partial charge on any atom is -0.463 e. The van der Waals surface area contributed by atoms with Gasteiger partial charge in [-0.2, -0.15) is 0 Å². The summed E-state index contributed by atoms with van der Waals surface area (Å²) in [4.78, 5) is 8.37. The Labute approximate surface area is 159 Å². The normalized spacial score (nSPS) is 12.2. The molecule has 5 heteroatoms. The van der Waals surface area contributed by atoms with Gasteiger partial charge in [-0.15, -0.1) is 11.3 Å². The van der Waals surface area contributed by atoms with E-state index in [9.17, 15) is 0 Å². The van der Waals surface area contributed by atoms with E-state index in [-0.39, 0.29) is 0 Å². The van der Waals surface area contributed by atoms with E-state index in [2.05, 4.69) is 59.9 Å². The first-order valence-corrected chi connectivity index (χ1v) is 10.1. The van der Waals surface area contributed by atoms with E-state index in [1.54, 1.807) is 17.6 Å². The van der Waals surface area contributed by atoms with Crippen LogP contribution in [0.1, 0.15) is 25.8 Å². The largest absolute Gasteiger partial charge is 0.463 e. The first kappa shape index (κ1) is 18.7. The molecule has 0 bridgehead atoms. The molecule has 2 heterocycles. The molecule has 0 aliphatic rings. The van der Waals surface area contributed by atoms with Gasteiger partial charge < -0.3 is 13.9 Å². The lowest BCUT2D eigenvalue weighted by molar-refractivity contribution is 0.293. The quantitative estimate of drug-likeness (QED) is 0.555. The predicted molar refractivity (Wildman–Crippen MR) is 109 cm³/mol. The van der Waals surface area contributed by atoms with E-state index in [1.807, 2.05) is 12.1 Å². The van der Waals surface area contributed by atoms with E-state index in [0.29, 0.717) is 0 Å². The van der Waals surface area contributed by atoms with E-state index in [4.69, 9.17) is 9.41 Å². The lowest BCUT2D eigenvalue weighted by Crippen LogP contribution is -2.26. The van der Waals surface area contributed by atoms with Gasteiger partial charge in [0.25, 0.3) is 0 Å². The van der Waals surface area contributed by atoms with Crippen molar-refractivity contribution in [3.63, 3.8) is 0 Å². The Morgan fingerprint density at radius 1 is 1.15 bits per heavy atom. The monoisotopic (exact) mass is 369 g/mol. The van der Waals surface area contributed by atoms with Crippen molar-refractivity contribution in [2.45, 2.75) is 33.7 Å². The summed E-state index contributed by atoms with van der Waals surface area (Å²) in [6.45, 7) is 10.7. The van der Waals surface area contributed by atoms with Crippen molar-refractivity contribution < 1.29 is 4.42 Å². The maximum Gasteiger partial charge on any atom is 0.190 e. The van der Waals surface area contributed by atoms with Crippen molar-refractivity contribution in [1.82, 2.24) is 9.47 Å². The third kappa shape index (κ3) is 4.54. The molecule has 138 valence electrons. The van der Waals surface area contributed by atoms with Gasteiger partial charge in [0.05, 0.1) is 17.6 Å². The highest BCUT2D eigenvalue weighted by Gasteiger charge is 2.11. The van der Waals surface area contributed by atoms with Gasteiger partial charge in [0.1, 0.15) is 0 Å². The van der Waals surface area contributed by atoms with Gasteiger partial charge in [0, 0.05) is 11.9 Å². The fraction of sp³-hybridized carbons (Fsp3) is 0.381. The maximum absolute atomic E-state index is 5.65. The summed E-state index contributed by atoms with van der Waals surface area (Å²) in [5.74, 6) is 0.898. The summed E-state index contributed by atoms with van der Waals surface area (Å²) in [5.41, 5.74) is 3.32. The third-order valence-electron chi connectivity index (χ3n) is 4.55. The molecule has 26 heavy (non-hydrogen) atoms. The molecule has 0 fully saturated rings. The Morgan fingerprint density at radius 3 is 2.69 bits per heavy atom. The van der Waals surface area contributed by atoms with Crippen LogP contribution in [0.5, 0.6) is 0 Å². The minimum atomic E-state index is 0.898. The van der Waals surface area contributed by atoms with E-state index in [0.717, 1.165) is 54.5 Å². The van der Waals surface area contributed by atoms with Crippen molar-refractivity contribution in [3.05, 3.63) is 58.4 Å². The average Bonchev–Trinajstić information content (AvgIpc) is 3.29. The number of nitrogens with zero attached hydrogens (tertiary/aromatic N) is 3. The maximum atomic E-state index is 5.65. The summed E-state index contributed by atoms with van der Waals surface area (Å²) in [6.07, 6.45) is 2.82. The highest BCUT2D eigenvalue weighted by Crippen LogP contribution is 2.22. The molecule has 3 rings (SSSR count). The van der Waals surface area contributed by atoms with Crippen LogP contribution in [0.15, 0.2) is 57.5 Å². The summed E-state index contributed by atoms with van der Waals surface area (Å²) in [5, 5.41) is 2.14. The molecule has 0 saturated carbocycles. The van der Waals surface area contributed by atoms with Gasteiger partial charge in [-0.25, -0.2) is 4.99 Å². The van der Waals surface area contributed by atoms with Crippen LogP contribution in [-0.2, 0) is 6.54 Å². The molecule has 0 aliphatic heterocycles. The van der Waals surface area contributed by atoms with Crippen LogP contribution in [0.25, 0.3) is 11.5 Å². The number of rotatable bonds is 8. The number of furan rings is 1. The zero-order valence-corrected chi connectivity index (χ0v) is 16.6. The van der Waals surface area contributed by atoms with Crippen LogP contribution in [0.2, 0.25) is 0 Å². The molecule has 0 aliphatic carbocycles. The molecule has 0 unspecified atom stereocenters. The molecule has 3 aromatic rings. The molecule has 4 nitrogen and oxygen atoms in total. The second-order valence-corrected chi connectivity index (χ2v) is 7.20. The number of hydrogen-bond donors (Lipinski definition) is 0. The zero-order valence-electron chi connectivity index (χ0n) is 15.8. The van der Waals surface area contributed by atoms with Gasteiger partial charge in [0.2, 0.25) is 0 Å². The van der Waals surface area contributed by atoms with Gasteiger partial charge in [-0.1, -0.05) is 26.0 Å². The Hall–Kier alpha value is -2.11. The summed E-state index contributed by atoms with van der Waals surface area (Å²) < 4.78 is 7.93. The average molecular weight is 370 g/mol.